The molecule has 0 heterocycles. The first-order valence-corrected chi connectivity index (χ1v) is 7.18. The summed E-state index contributed by atoms with van der Waals surface area (Å²) in [7, 11) is 3.37. The van der Waals surface area contributed by atoms with Crippen molar-refractivity contribution >= 4 is 15.9 Å². The zero-order valence-corrected chi connectivity index (χ0v) is 12.5. The summed E-state index contributed by atoms with van der Waals surface area (Å²) < 4.78 is 11.6. The van der Waals surface area contributed by atoms with Crippen LogP contribution >= 0.6 is 15.9 Å². The molecule has 3 nitrogen and oxygen atoms in total. The van der Waals surface area contributed by atoms with Gasteiger partial charge in [0.15, 0.2) is 0 Å². The molecule has 0 unspecified atom stereocenters. The van der Waals surface area contributed by atoms with Gasteiger partial charge in [0.1, 0.15) is 16.0 Å². The molecule has 0 atom stereocenters. The van der Waals surface area contributed by atoms with E-state index >= 15 is 0 Å². The van der Waals surface area contributed by atoms with E-state index in [9.17, 15) is 0 Å². The van der Waals surface area contributed by atoms with E-state index in [1.54, 1.807) is 14.2 Å². The van der Waals surface area contributed by atoms with Gasteiger partial charge in [0.2, 0.25) is 0 Å². The molecule has 1 N–H and O–H groups in total. The number of hydrogen-bond donors (Lipinski definition) is 1. The van der Waals surface area contributed by atoms with Gasteiger partial charge in [-0.05, 0) is 59.8 Å². The van der Waals surface area contributed by atoms with Crippen molar-refractivity contribution in [3.05, 3.63) is 22.2 Å². The Kier molecular flexibility index (Phi) is 4.89. The van der Waals surface area contributed by atoms with Crippen LogP contribution < -0.4 is 14.8 Å². The molecule has 0 saturated heterocycles. The second-order valence-corrected chi connectivity index (χ2v) is 5.40. The number of hydrogen-bond acceptors (Lipinski definition) is 3. The van der Waals surface area contributed by atoms with Gasteiger partial charge in [0, 0.05) is 6.04 Å². The molecule has 1 aliphatic rings. The highest BCUT2D eigenvalue weighted by molar-refractivity contribution is 9.10. The van der Waals surface area contributed by atoms with E-state index in [1.807, 2.05) is 6.07 Å². The maximum atomic E-state index is 5.46. The summed E-state index contributed by atoms with van der Waals surface area (Å²) >= 11 is 3.53. The molecule has 1 fully saturated rings. The monoisotopic (exact) mass is 313 g/mol. The molecule has 0 amide bonds. The average Bonchev–Trinajstić information content (AvgIpc) is 3.19. The van der Waals surface area contributed by atoms with Gasteiger partial charge in [0.25, 0.3) is 0 Å². The lowest BCUT2D eigenvalue weighted by Gasteiger charge is -2.13. The highest BCUT2D eigenvalue weighted by Crippen LogP contribution is 2.37. The lowest BCUT2D eigenvalue weighted by atomic mass is 10.1. The van der Waals surface area contributed by atoms with Crippen molar-refractivity contribution in [3.8, 4) is 11.5 Å². The molecule has 1 aromatic carbocycles. The van der Waals surface area contributed by atoms with Gasteiger partial charge in [0.05, 0.1) is 14.2 Å². The molecule has 1 aromatic rings. The largest absolute Gasteiger partial charge is 0.495 e. The van der Waals surface area contributed by atoms with Crippen LogP contribution in [-0.2, 0) is 6.42 Å². The minimum Gasteiger partial charge on any atom is -0.495 e. The minimum atomic E-state index is 0.787. The summed E-state index contributed by atoms with van der Waals surface area (Å²) in [6, 6.07) is 4.85. The van der Waals surface area contributed by atoms with Crippen LogP contribution in [0.5, 0.6) is 11.5 Å². The Bertz CT molecular complexity index is 405. The second-order valence-electron chi connectivity index (χ2n) is 4.61. The Morgan fingerprint density at radius 3 is 2.67 bits per heavy atom. The second kappa shape index (κ2) is 6.43. The van der Waals surface area contributed by atoms with Crippen molar-refractivity contribution in [1.82, 2.24) is 5.32 Å². The zero-order chi connectivity index (χ0) is 13.0. The van der Waals surface area contributed by atoms with Crippen LogP contribution in [0.25, 0.3) is 0 Å². The molecule has 2 rings (SSSR count). The van der Waals surface area contributed by atoms with Crippen molar-refractivity contribution in [3.63, 3.8) is 0 Å². The molecule has 0 radical (unpaired) electrons. The standard InChI is InChI=1S/C14H20BrNO2/c1-17-12-8-5-10(14(18-2)13(12)15)4-3-9-16-11-6-7-11/h5,8,11,16H,3-4,6-7,9H2,1-2H3. The zero-order valence-electron chi connectivity index (χ0n) is 11.0. The SMILES string of the molecule is COc1ccc(CCCNC2CC2)c(OC)c1Br. The third-order valence-corrected chi connectivity index (χ3v) is 3.95. The van der Waals surface area contributed by atoms with E-state index in [-0.39, 0.29) is 0 Å². The van der Waals surface area contributed by atoms with Crippen LogP contribution in [0, 0.1) is 0 Å². The Morgan fingerprint density at radius 2 is 2.06 bits per heavy atom. The van der Waals surface area contributed by atoms with Gasteiger partial charge in [-0.3, -0.25) is 0 Å². The number of rotatable bonds is 7. The van der Waals surface area contributed by atoms with Crippen molar-refractivity contribution in [2.75, 3.05) is 20.8 Å². The van der Waals surface area contributed by atoms with E-state index in [0.29, 0.717) is 0 Å². The molecular formula is C14H20BrNO2. The Morgan fingerprint density at radius 1 is 1.28 bits per heavy atom. The predicted octanol–water partition coefficient (Wildman–Crippen LogP) is 3.15. The van der Waals surface area contributed by atoms with Crippen molar-refractivity contribution in [2.45, 2.75) is 31.7 Å². The quantitative estimate of drug-likeness (QED) is 0.784. The molecule has 4 heteroatoms. The smallest absolute Gasteiger partial charge is 0.139 e. The van der Waals surface area contributed by atoms with Gasteiger partial charge < -0.3 is 14.8 Å². The van der Waals surface area contributed by atoms with Crippen molar-refractivity contribution in [1.29, 1.82) is 0 Å². The Hall–Kier alpha value is -0.740. The predicted molar refractivity (Wildman–Crippen MR) is 76.6 cm³/mol. The van der Waals surface area contributed by atoms with Crippen LogP contribution in [0.1, 0.15) is 24.8 Å². The summed E-state index contributed by atoms with van der Waals surface area (Å²) in [5, 5.41) is 3.52. The van der Waals surface area contributed by atoms with Crippen molar-refractivity contribution < 1.29 is 9.47 Å². The molecule has 0 aliphatic heterocycles. The van der Waals surface area contributed by atoms with Crippen LogP contribution in [0.2, 0.25) is 0 Å². The van der Waals surface area contributed by atoms with E-state index in [4.69, 9.17) is 9.47 Å². The first kappa shape index (κ1) is 13.7. The topological polar surface area (TPSA) is 30.5 Å². The Balaban J connectivity index is 1.95. The van der Waals surface area contributed by atoms with E-state index in [2.05, 4.69) is 27.3 Å². The minimum absolute atomic E-state index is 0.787. The lowest BCUT2D eigenvalue weighted by Crippen LogP contribution is -2.17. The maximum absolute atomic E-state index is 5.46. The number of ether oxygens (including phenoxy) is 2. The Labute approximate surface area is 117 Å². The van der Waals surface area contributed by atoms with Gasteiger partial charge in [-0.15, -0.1) is 0 Å². The molecule has 0 aromatic heterocycles. The summed E-state index contributed by atoms with van der Waals surface area (Å²) in [5.41, 5.74) is 1.22. The fourth-order valence-corrected chi connectivity index (χ4v) is 2.74. The molecule has 1 saturated carbocycles. The number of aryl methyl sites for hydroxylation is 1. The third-order valence-electron chi connectivity index (χ3n) is 3.20. The highest BCUT2D eigenvalue weighted by atomic mass is 79.9. The lowest BCUT2D eigenvalue weighted by molar-refractivity contribution is 0.385. The highest BCUT2D eigenvalue weighted by Gasteiger charge is 2.19. The van der Waals surface area contributed by atoms with Crippen LogP contribution in [0.4, 0.5) is 0 Å². The van der Waals surface area contributed by atoms with Crippen LogP contribution in [0.15, 0.2) is 16.6 Å². The van der Waals surface area contributed by atoms with Gasteiger partial charge in [-0.2, -0.15) is 0 Å². The van der Waals surface area contributed by atoms with Crippen LogP contribution in [0.3, 0.4) is 0 Å². The van der Waals surface area contributed by atoms with Crippen LogP contribution in [-0.4, -0.2) is 26.8 Å². The molecule has 100 valence electrons. The van der Waals surface area contributed by atoms with Gasteiger partial charge in [-0.25, -0.2) is 0 Å². The molecule has 18 heavy (non-hydrogen) atoms. The maximum Gasteiger partial charge on any atom is 0.139 e. The number of methoxy groups -OCH3 is 2. The number of halogens is 1. The van der Waals surface area contributed by atoms with E-state index in [0.717, 1.165) is 41.4 Å². The first-order valence-electron chi connectivity index (χ1n) is 6.39. The fraction of sp³-hybridized carbons (Fsp3) is 0.571. The van der Waals surface area contributed by atoms with Crippen molar-refractivity contribution in [2.24, 2.45) is 0 Å². The molecule has 1 aliphatic carbocycles. The van der Waals surface area contributed by atoms with Gasteiger partial charge >= 0.3 is 0 Å². The number of nitrogens with one attached hydrogen (secondary N) is 1. The third kappa shape index (κ3) is 3.39. The normalized spacial score (nSPS) is 14.6. The molecule has 0 bridgehead atoms. The summed E-state index contributed by atoms with van der Waals surface area (Å²) in [6.07, 6.45) is 4.84. The fourth-order valence-electron chi connectivity index (χ4n) is 2.03. The number of benzene rings is 1. The first-order chi connectivity index (χ1) is 8.76. The van der Waals surface area contributed by atoms with E-state index < -0.39 is 0 Å². The summed E-state index contributed by atoms with van der Waals surface area (Å²) in [6.45, 7) is 1.08. The molecular weight excluding hydrogens is 294 g/mol. The summed E-state index contributed by atoms with van der Waals surface area (Å²) in [4.78, 5) is 0. The summed E-state index contributed by atoms with van der Waals surface area (Å²) in [5.74, 6) is 1.70. The van der Waals surface area contributed by atoms with Gasteiger partial charge in [-0.1, -0.05) is 6.07 Å². The average molecular weight is 314 g/mol. The van der Waals surface area contributed by atoms with E-state index in [1.165, 1.54) is 18.4 Å². The molecule has 0 spiro atoms.